The zero-order valence-electron chi connectivity index (χ0n) is 21.2. The Kier molecular flexibility index (Phi) is 8.03. The van der Waals surface area contributed by atoms with Gasteiger partial charge in [0.2, 0.25) is 0 Å². The van der Waals surface area contributed by atoms with E-state index in [-0.39, 0.29) is 5.57 Å². The van der Waals surface area contributed by atoms with Gasteiger partial charge in [-0.1, -0.05) is 50.2 Å². The SMILES string of the molecule is CCC(C)c1ccc(OCCOc2ccc(/C=C3\C(=O)NC(=O)N(c4cccc(C)c4)C3=O)cc2)cc1. The normalized spacial score (nSPS) is 15.5. The van der Waals surface area contributed by atoms with Crippen molar-refractivity contribution in [3.8, 4) is 11.5 Å². The molecule has 0 spiro atoms. The Morgan fingerprint density at radius 1 is 0.892 bits per heavy atom. The summed E-state index contributed by atoms with van der Waals surface area (Å²) in [6.07, 6.45) is 2.56. The Labute approximate surface area is 216 Å². The first-order valence-electron chi connectivity index (χ1n) is 12.3. The molecule has 1 atom stereocenters. The Morgan fingerprint density at radius 2 is 1.51 bits per heavy atom. The van der Waals surface area contributed by atoms with Crippen LogP contribution < -0.4 is 19.7 Å². The van der Waals surface area contributed by atoms with Gasteiger partial charge in [-0.25, -0.2) is 9.69 Å². The number of hydrogen-bond donors (Lipinski definition) is 1. The summed E-state index contributed by atoms with van der Waals surface area (Å²) in [7, 11) is 0. The van der Waals surface area contributed by atoms with E-state index in [0.29, 0.717) is 36.1 Å². The van der Waals surface area contributed by atoms with Crippen molar-refractivity contribution in [1.82, 2.24) is 5.32 Å². The molecule has 1 N–H and O–H groups in total. The first kappa shape index (κ1) is 25.7. The Bertz CT molecular complexity index is 1310. The quantitative estimate of drug-likeness (QED) is 0.235. The number of anilines is 1. The van der Waals surface area contributed by atoms with Crippen LogP contribution in [-0.4, -0.2) is 31.1 Å². The van der Waals surface area contributed by atoms with Crippen LogP contribution in [0.3, 0.4) is 0 Å². The molecule has 0 bridgehead atoms. The van der Waals surface area contributed by atoms with Gasteiger partial charge in [0.05, 0.1) is 5.69 Å². The molecule has 0 aliphatic carbocycles. The molecule has 0 radical (unpaired) electrons. The van der Waals surface area contributed by atoms with Crippen molar-refractivity contribution in [3.63, 3.8) is 0 Å². The number of hydrogen-bond acceptors (Lipinski definition) is 5. The number of urea groups is 1. The smallest absolute Gasteiger partial charge is 0.335 e. The topological polar surface area (TPSA) is 84.9 Å². The highest BCUT2D eigenvalue weighted by Gasteiger charge is 2.36. The maximum Gasteiger partial charge on any atom is 0.335 e. The second kappa shape index (κ2) is 11.6. The number of imide groups is 2. The minimum absolute atomic E-state index is 0.123. The number of aryl methyl sites for hydroxylation is 1. The molecular formula is C30H30N2O5. The number of ether oxygens (including phenoxy) is 2. The minimum atomic E-state index is -0.768. The van der Waals surface area contributed by atoms with E-state index in [0.717, 1.165) is 22.6 Å². The summed E-state index contributed by atoms with van der Waals surface area (Å²) in [5.74, 6) is 0.554. The number of rotatable bonds is 9. The molecule has 1 aliphatic heterocycles. The average Bonchev–Trinajstić information content (AvgIpc) is 2.89. The number of nitrogens with one attached hydrogen (secondary N) is 1. The van der Waals surface area contributed by atoms with Crippen LogP contribution in [0, 0.1) is 6.92 Å². The molecule has 1 aliphatic rings. The maximum absolute atomic E-state index is 13.0. The number of amides is 4. The van der Waals surface area contributed by atoms with Crippen molar-refractivity contribution in [2.24, 2.45) is 0 Å². The lowest BCUT2D eigenvalue weighted by Gasteiger charge is -2.26. The van der Waals surface area contributed by atoms with E-state index in [1.807, 2.05) is 25.1 Å². The van der Waals surface area contributed by atoms with Crippen LogP contribution in [0.4, 0.5) is 10.5 Å². The molecule has 3 aromatic rings. The molecule has 0 aromatic heterocycles. The fraction of sp³-hybridized carbons (Fsp3) is 0.233. The third-order valence-corrected chi connectivity index (χ3v) is 6.23. The summed E-state index contributed by atoms with van der Waals surface area (Å²) in [5.41, 5.74) is 3.09. The zero-order valence-corrected chi connectivity index (χ0v) is 21.2. The van der Waals surface area contributed by atoms with Crippen LogP contribution in [0.25, 0.3) is 6.08 Å². The molecule has 4 amide bonds. The predicted octanol–water partition coefficient (Wildman–Crippen LogP) is 5.63. The summed E-state index contributed by atoms with van der Waals surface area (Å²) >= 11 is 0. The molecule has 7 heteroatoms. The number of carbonyl (C=O) groups excluding carboxylic acids is 3. The lowest BCUT2D eigenvalue weighted by molar-refractivity contribution is -0.122. The van der Waals surface area contributed by atoms with Crippen molar-refractivity contribution < 1.29 is 23.9 Å². The van der Waals surface area contributed by atoms with E-state index in [1.165, 1.54) is 11.6 Å². The lowest BCUT2D eigenvalue weighted by atomic mass is 9.99. The second-order valence-electron chi connectivity index (χ2n) is 8.94. The summed E-state index contributed by atoms with van der Waals surface area (Å²) in [4.78, 5) is 38.8. The number of carbonyl (C=O) groups is 3. The fourth-order valence-corrected chi connectivity index (χ4v) is 3.93. The Morgan fingerprint density at radius 3 is 2.11 bits per heavy atom. The van der Waals surface area contributed by atoms with Crippen LogP contribution in [0.5, 0.6) is 11.5 Å². The highest BCUT2D eigenvalue weighted by atomic mass is 16.5. The highest BCUT2D eigenvalue weighted by Crippen LogP contribution is 2.24. The predicted molar refractivity (Wildman–Crippen MR) is 143 cm³/mol. The molecule has 1 fully saturated rings. The molecule has 7 nitrogen and oxygen atoms in total. The molecule has 1 saturated heterocycles. The largest absolute Gasteiger partial charge is 0.490 e. The fourth-order valence-electron chi connectivity index (χ4n) is 3.93. The van der Waals surface area contributed by atoms with Gasteiger partial charge in [0.1, 0.15) is 30.3 Å². The number of nitrogens with zero attached hydrogens (tertiary/aromatic N) is 1. The van der Waals surface area contributed by atoms with Crippen LogP contribution >= 0.6 is 0 Å². The average molecular weight is 499 g/mol. The van der Waals surface area contributed by atoms with Crippen LogP contribution in [0.15, 0.2) is 78.4 Å². The lowest BCUT2D eigenvalue weighted by Crippen LogP contribution is -2.54. The van der Waals surface area contributed by atoms with Gasteiger partial charge in [0, 0.05) is 0 Å². The van der Waals surface area contributed by atoms with Crippen molar-refractivity contribution in [2.45, 2.75) is 33.1 Å². The van der Waals surface area contributed by atoms with Crippen LogP contribution in [0.2, 0.25) is 0 Å². The van der Waals surface area contributed by atoms with Gasteiger partial charge in [-0.3, -0.25) is 14.9 Å². The van der Waals surface area contributed by atoms with E-state index in [1.54, 1.807) is 42.5 Å². The first-order valence-corrected chi connectivity index (χ1v) is 12.3. The van der Waals surface area contributed by atoms with Gasteiger partial charge in [0.25, 0.3) is 11.8 Å². The van der Waals surface area contributed by atoms with Gasteiger partial charge in [0.15, 0.2) is 0 Å². The molecule has 190 valence electrons. The van der Waals surface area contributed by atoms with Gasteiger partial charge >= 0.3 is 6.03 Å². The van der Waals surface area contributed by atoms with E-state index in [9.17, 15) is 14.4 Å². The zero-order chi connectivity index (χ0) is 26.4. The molecule has 1 heterocycles. The summed E-state index contributed by atoms with van der Waals surface area (Å²) in [6.45, 7) is 6.99. The van der Waals surface area contributed by atoms with E-state index in [4.69, 9.17) is 9.47 Å². The highest BCUT2D eigenvalue weighted by molar-refractivity contribution is 6.39. The number of benzene rings is 3. The van der Waals surface area contributed by atoms with Gasteiger partial charge < -0.3 is 9.47 Å². The standard InChI is InChI=1S/C30H30N2O5/c1-4-21(3)23-10-14-26(15-11-23)37-17-16-36-25-12-8-22(9-13-25)19-27-28(33)31-30(35)32(29(27)34)24-7-5-6-20(2)18-24/h5-15,18-19,21H,4,16-17H2,1-3H3,(H,31,33,35)/b27-19+. The third kappa shape index (κ3) is 6.25. The molecule has 0 saturated carbocycles. The van der Waals surface area contributed by atoms with Crippen molar-refractivity contribution in [2.75, 3.05) is 18.1 Å². The van der Waals surface area contributed by atoms with Crippen LogP contribution in [-0.2, 0) is 9.59 Å². The monoisotopic (exact) mass is 498 g/mol. The first-order chi connectivity index (χ1) is 17.9. The van der Waals surface area contributed by atoms with Crippen LogP contribution in [0.1, 0.15) is 42.9 Å². The van der Waals surface area contributed by atoms with Crippen molar-refractivity contribution in [3.05, 3.63) is 95.1 Å². The van der Waals surface area contributed by atoms with E-state index < -0.39 is 17.8 Å². The molecule has 4 rings (SSSR count). The number of barbiturate groups is 1. The van der Waals surface area contributed by atoms with E-state index >= 15 is 0 Å². The van der Waals surface area contributed by atoms with Gasteiger partial charge in [-0.05, 0) is 78.4 Å². The molecule has 3 aromatic carbocycles. The van der Waals surface area contributed by atoms with E-state index in [2.05, 4.69) is 31.3 Å². The molecule has 37 heavy (non-hydrogen) atoms. The Balaban J connectivity index is 1.35. The maximum atomic E-state index is 13.0. The Hall–Kier alpha value is -4.39. The third-order valence-electron chi connectivity index (χ3n) is 6.23. The summed E-state index contributed by atoms with van der Waals surface area (Å²) in [5, 5.41) is 2.24. The van der Waals surface area contributed by atoms with Crippen molar-refractivity contribution in [1.29, 1.82) is 0 Å². The second-order valence-corrected chi connectivity index (χ2v) is 8.94. The van der Waals surface area contributed by atoms with Crippen molar-refractivity contribution >= 4 is 29.6 Å². The van der Waals surface area contributed by atoms with Gasteiger partial charge in [-0.15, -0.1) is 0 Å². The molecular weight excluding hydrogens is 468 g/mol. The molecule has 1 unspecified atom stereocenters. The summed E-state index contributed by atoms with van der Waals surface area (Å²) in [6, 6.07) is 21.3. The van der Waals surface area contributed by atoms with Gasteiger partial charge in [-0.2, -0.15) is 0 Å². The minimum Gasteiger partial charge on any atom is -0.490 e. The summed E-state index contributed by atoms with van der Waals surface area (Å²) < 4.78 is 11.5.